The van der Waals surface area contributed by atoms with Crippen LogP contribution in [0.5, 0.6) is 0 Å². The van der Waals surface area contributed by atoms with Crippen molar-refractivity contribution in [1.82, 2.24) is 9.97 Å². The van der Waals surface area contributed by atoms with E-state index in [0.717, 1.165) is 48.1 Å². The summed E-state index contributed by atoms with van der Waals surface area (Å²) in [4.78, 5) is 8.11. The van der Waals surface area contributed by atoms with Crippen LogP contribution in [0.15, 0.2) is 4.47 Å². The van der Waals surface area contributed by atoms with Gasteiger partial charge in [-0.25, -0.2) is 4.98 Å². The van der Waals surface area contributed by atoms with E-state index < -0.39 is 0 Å². The van der Waals surface area contributed by atoms with Crippen LogP contribution in [0.3, 0.4) is 0 Å². The molecule has 118 valence electrons. The summed E-state index contributed by atoms with van der Waals surface area (Å²) in [7, 11) is 0. The number of hydrogen-bond acceptors (Lipinski definition) is 3. The first-order valence-electron chi connectivity index (χ1n) is 7.77. The minimum absolute atomic E-state index is 0.303. The lowest BCUT2D eigenvalue weighted by molar-refractivity contribution is -0.0949. The van der Waals surface area contributed by atoms with E-state index in [1.807, 2.05) is 0 Å². The van der Waals surface area contributed by atoms with Crippen LogP contribution in [0.1, 0.15) is 64.9 Å². The number of nitrogens with one attached hydrogen (secondary N) is 1. The number of nitrogens with zero attached hydrogens (tertiary/aromatic N) is 1. The third-order valence-electron chi connectivity index (χ3n) is 4.55. The van der Waals surface area contributed by atoms with Crippen molar-refractivity contribution in [2.45, 2.75) is 65.4 Å². The van der Waals surface area contributed by atoms with Crippen LogP contribution in [0.4, 0.5) is 0 Å². The molecule has 1 aliphatic carbocycles. The normalized spacial score (nSPS) is 20.4. The second-order valence-electron chi connectivity index (χ2n) is 6.63. The van der Waals surface area contributed by atoms with E-state index in [0.29, 0.717) is 16.7 Å². The third kappa shape index (κ3) is 3.57. The number of aryl methyl sites for hydroxylation is 1. The maximum Gasteiger partial charge on any atom is 0.144 e. The molecule has 21 heavy (non-hydrogen) atoms. The summed E-state index contributed by atoms with van der Waals surface area (Å²) >= 11 is 8.94. The van der Waals surface area contributed by atoms with Crippen LogP contribution in [-0.2, 0) is 16.8 Å². The number of halogens is 1. The van der Waals surface area contributed by atoms with Gasteiger partial charge >= 0.3 is 0 Å². The Hall–Kier alpha value is -0.260. The van der Waals surface area contributed by atoms with Gasteiger partial charge in [-0.1, -0.05) is 33.0 Å². The van der Waals surface area contributed by atoms with Crippen molar-refractivity contribution in [3.63, 3.8) is 0 Å². The molecule has 1 saturated carbocycles. The summed E-state index contributed by atoms with van der Waals surface area (Å²) in [5.41, 5.74) is 1.19. The Bertz CT molecular complexity index is 558. The van der Waals surface area contributed by atoms with E-state index in [4.69, 9.17) is 17.0 Å². The SMILES string of the molecule is CCOC1(c2nc(=S)c(Br)c(CC)[nH]2)CCC(C)(C)CC1. The standard InChI is InChI=1S/C16H25BrN2OS/c1-5-11-12(17)13(21)19-14(18-11)16(20-6-2)9-7-15(3,4)8-10-16/h5-10H2,1-4H3,(H,18,19,21). The van der Waals surface area contributed by atoms with Gasteiger partial charge in [-0.3, -0.25) is 0 Å². The van der Waals surface area contributed by atoms with Gasteiger partial charge in [0, 0.05) is 12.3 Å². The van der Waals surface area contributed by atoms with E-state index >= 15 is 0 Å². The van der Waals surface area contributed by atoms with Gasteiger partial charge in [-0.2, -0.15) is 0 Å². The summed E-state index contributed by atoms with van der Waals surface area (Å²) in [6.45, 7) is 9.53. The number of hydrogen-bond donors (Lipinski definition) is 1. The highest BCUT2D eigenvalue weighted by Crippen LogP contribution is 2.46. The van der Waals surface area contributed by atoms with Crippen LogP contribution in [0, 0.1) is 10.1 Å². The molecule has 0 saturated heterocycles. The summed E-state index contributed by atoms with van der Waals surface area (Å²) in [6, 6.07) is 0. The Kier molecular flexibility index (Phi) is 5.27. The van der Waals surface area contributed by atoms with Crippen molar-refractivity contribution in [3.8, 4) is 0 Å². The van der Waals surface area contributed by atoms with Gasteiger partial charge in [0.2, 0.25) is 0 Å². The van der Waals surface area contributed by atoms with E-state index in [9.17, 15) is 0 Å². The van der Waals surface area contributed by atoms with E-state index in [1.54, 1.807) is 0 Å². The lowest BCUT2D eigenvalue weighted by Gasteiger charge is -2.42. The van der Waals surface area contributed by atoms with Gasteiger partial charge in [-0.05, 0) is 60.4 Å². The molecule has 0 unspecified atom stereocenters. The average Bonchev–Trinajstić information content (AvgIpc) is 2.44. The largest absolute Gasteiger partial charge is 0.367 e. The first kappa shape index (κ1) is 17.1. The lowest BCUT2D eigenvalue weighted by Crippen LogP contribution is -2.39. The Morgan fingerprint density at radius 2 is 1.86 bits per heavy atom. The molecule has 1 N–H and O–H groups in total. The molecule has 0 amide bonds. The fourth-order valence-electron chi connectivity index (χ4n) is 3.02. The molecule has 1 aromatic heterocycles. The van der Waals surface area contributed by atoms with Crippen molar-refractivity contribution in [2.24, 2.45) is 5.41 Å². The lowest BCUT2D eigenvalue weighted by atomic mass is 9.70. The molecule has 1 aromatic rings. The van der Waals surface area contributed by atoms with Gasteiger partial charge in [-0.15, -0.1) is 0 Å². The second kappa shape index (κ2) is 6.47. The molecule has 0 aromatic carbocycles. The minimum atomic E-state index is -0.303. The number of rotatable bonds is 4. The van der Waals surface area contributed by atoms with Crippen LogP contribution >= 0.6 is 28.1 Å². The molecular weight excluding hydrogens is 348 g/mol. The fourth-order valence-corrected chi connectivity index (χ4v) is 3.70. The van der Waals surface area contributed by atoms with Gasteiger partial charge in [0.1, 0.15) is 16.1 Å². The number of ether oxygens (including phenoxy) is 1. The predicted octanol–water partition coefficient (Wildman–Crippen LogP) is 5.30. The average molecular weight is 373 g/mol. The highest BCUT2D eigenvalue weighted by Gasteiger charge is 2.42. The molecule has 1 heterocycles. The molecule has 0 atom stereocenters. The molecule has 0 radical (unpaired) electrons. The maximum atomic E-state index is 6.19. The van der Waals surface area contributed by atoms with Crippen LogP contribution in [0.2, 0.25) is 0 Å². The van der Waals surface area contributed by atoms with Crippen LogP contribution in [-0.4, -0.2) is 16.6 Å². The predicted molar refractivity (Wildman–Crippen MR) is 92.1 cm³/mol. The monoisotopic (exact) mass is 372 g/mol. The van der Waals surface area contributed by atoms with Crippen LogP contribution < -0.4 is 0 Å². The maximum absolute atomic E-state index is 6.19. The third-order valence-corrected chi connectivity index (χ3v) is 5.96. The zero-order chi connectivity index (χ0) is 15.7. The summed E-state index contributed by atoms with van der Waals surface area (Å²) < 4.78 is 7.73. The van der Waals surface area contributed by atoms with Crippen molar-refractivity contribution in [1.29, 1.82) is 0 Å². The number of aromatic amines is 1. The molecule has 3 nitrogen and oxygen atoms in total. The highest BCUT2D eigenvalue weighted by molar-refractivity contribution is 9.10. The van der Waals surface area contributed by atoms with Crippen molar-refractivity contribution in [3.05, 3.63) is 20.6 Å². The molecule has 2 rings (SSSR count). The van der Waals surface area contributed by atoms with E-state index in [1.165, 1.54) is 0 Å². The van der Waals surface area contributed by atoms with Gasteiger partial charge in [0.15, 0.2) is 0 Å². The van der Waals surface area contributed by atoms with Crippen molar-refractivity contribution in [2.75, 3.05) is 6.61 Å². The Morgan fingerprint density at radius 3 is 2.38 bits per heavy atom. The molecule has 5 heteroatoms. The zero-order valence-corrected chi connectivity index (χ0v) is 15.8. The van der Waals surface area contributed by atoms with Crippen molar-refractivity contribution >= 4 is 28.1 Å². The number of H-pyrrole nitrogens is 1. The summed E-state index contributed by atoms with van der Waals surface area (Å²) in [5, 5.41) is 0. The second-order valence-corrected chi connectivity index (χ2v) is 7.81. The quantitative estimate of drug-likeness (QED) is 0.728. The summed E-state index contributed by atoms with van der Waals surface area (Å²) in [6.07, 6.45) is 5.18. The molecule has 1 aliphatic rings. The zero-order valence-electron chi connectivity index (χ0n) is 13.4. The first-order valence-corrected chi connectivity index (χ1v) is 8.97. The van der Waals surface area contributed by atoms with Gasteiger partial charge in [0.05, 0.1) is 4.47 Å². The number of aromatic nitrogens is 2. The fraction of sp³-hybridized carbons (Fsp3) is 0.750. The smallest absolute Gasteiger partial charge is 0.144 e. The van der Waals surface area contributed by atoms with E-state index in [-0.39, 0.29) is 5.60 Å². The summed E-state index contributed by atoms with van der Waals surface area (Å²) in [5.74, 6) is 0.907. The Morgan fingerprint density at radius 1 is 1.24 bits per heavy atom. The van der Waals surface area contributed by atoms with Gasteiger partial charge < -0.3 is 9.72 Å². The van der Waals surface area contributed by atoms with Gasteiger partial charge in [0.25, 0.3) is 0 Å². The molecule has 0 bridgehead atoms. The molecule has 1 fully saturated rings. The first-order chi connectivity index (χ1) is 9.83. The highest BCUT2D eigenvalue weighted by atomic mass is 79.9. The molecular formula is C16H25BrN2OS. The Balaban J connectivity index is 2.44. The molecule has 0 aliphatic heterocycles. The van der Waals surface area contributed by atoms with Crippen molar-refractivity contribution < 1.29 is 4.74 Å². The Labute approximate surface area is 141 Å². The topological polar surface area (TPSA) is 37.9 Å². The van der Waals surface area contributed by atoms with E-state index in [2.05, 4.69) is 53.6 Å². The van der Waals surface area contributed by atoms with Crippen LogP contribution in [0.25, 0.3) is 0 Å². The molecule has 0 spiro atoms. The minimum Gasteiger partial charge on any atom is -0.367 e.